The molecule has 0 saturated carbocycles. The van der Waals surface area contributed by atoms with Crippen LogP contribution in [0, 0.1) is 12.8 Å². The number of carbonyl (C=O) groups is 1. The van der Waals surface area contributed by atoms with Gasteiger partial charge in [-0.2, -0.15) is 0 Å². The number of ketones is 1. The van der Waals surface area contributed by atoms with E-state index in [0.717, 1.165) is 24.8 Å². The lowest BCUT2D eigenvalue weighted by Crippen LogP contribution is -2.28. The zero-order chi connectivity index (χ0) is 16.2. The zero-order valence-electron chi connectivity index (χ0n) is 14.2. The Morgan fingerprint density at radius 1 is 1.09 bits per heavy atom. The zero-order valence-corrected chi connectivity index (χ0v) is 14.2. The summed E-state index contributed by atoms with van der Waals surface area (Å²) >= 11 is 0. The van der Waals surface area contributed by atoms with Crippen LogP contribution in [0.3, 0.4) is 0 Å². The van der Waals surface area contributed by atoms with E-state index in [1.54, 1.807) is 0 Å². The third-order valence-electron chi connectivity index (χ3n) is 5.20. The number of unbranched alkanes of at least 4 members (excludes halogenated alkanes) is 1. The van der Waals surface area contributed by atoms with Crippen molar-refractivity contribution in [3.63, 3.8) is 0 Å². The lowest BCUT2D eigenvalue weighted by atomic mass is 9.72. The van der Waals surface area contributed by atoms with E-state index in [1.807, 2.05) is 18.2 Å². The van der Waals surface area contributed by atoms with E-state index in [4.69, 9.17) is 0 Å². The summed E-state index contributed by atoms with van der Waals surface area (Å²) in [7, 11) is 0. The van der Waals surface area contributed by atoms with Crippen LogP contribution in [0.5, 0.6) is 0 Å². The average molecular weight is 306 g/mol. The number of hydrogen-bond acceptors (Lipinski definition) is 1. The summed E-state index contributed by atoms with van der Waals surface area (Å²) < 4.78 is 0. The van der Waals surface area contributed by atoms with Crippen molar-refractivity contribution in [3.05, 3.63) is 70.8 Å². The van der Waals surface area contributed by atoms with Crippen molar-refractivity contribution in [2.45, 2.75) is 51.9 Å². The maximum atomic E-state index is 13.1. The minimum absolute atomic E-state index is 0.138. The van der Waals surface area contributed by atoms with Gasteiger partial charge in [0.05, 0.1) is 0 Å². The van der Waals surface area contributed by atoms with Crippen LogP contribution in [-0.2, 0) is 6.42 Å². The van der Waals surface area contributed by atoms with E-state index in [-0.39, 0.29) is 5.92 Å². The number of rotatable bonds is 5. The first kappa shape index (κ1) is 16.0. The summed E-state index contributed by atoms with van der Waals surface area (Å²) in [6, 6.07) is 17.0. The Morgan fingerprint density at radius 3 is 2.57 bits per heavy atom. The number of benzene rings is 2. The molecule has 0 amide bonds. The van der Waals surface area contributed by atoms with E-state index in [0.29, 0.717) is 11.7 Å². The Hall–Kier alpha value is -1.89. The van der Waals surface area contributed by atoms with Gasteiger partial charge in [-0.1, -0.05) is 73.9 Å². The van der Waals surface area contributed by atoms with Gasteiger partial charge >= 0.3 is 0 Å². The van der Waals surface area contributed by atoms with E-state index in [9.17, 15) is 4.79 Å². The summed E-state index contributed by atoms with van der Waals surface area (Å²) in [5.74, 6) is 0.851. The standard InChI is InChI=1S/C22H26O/c1-3-4-8-19(18-12-10-16(2)11-13-18)21-15-14-17-7-5-6-9-20(17)22(21)23/h5-7,9-13,19,21H,3-4,8,14-15H2,1-2H3/t19-,21+/m1/s1. The fourth-order valence-corrected chi connectivity index (χ4v) is 3.84. The molecule has 0 aromatic heterocycles. The number of carbonyl (C=O) groups excluding carboxylic acids is 1. The second-order valence-corrected chi connectivity index (χ2v) is 6.83. The summed E-state index contributed by atoms with van der Waals surface area (Å²) in [6.07, 6.45) is 5.49. The molecule has 0 saturated heterocycles. The first-order chi connectivity index (χ1) is 11.2. The van der Waals surface area contributed by atoms with Crippen LogP contribution in [0.2, 0.25) is 0 Å². The molecule has 0 fully saturated rings. The number of hydrogen-bond donors (Lipinski definition) is 0. The van der Waals surface area contributed by atoms with Gasteiger partial charge in [-0.05, 0) is 43.2 Å². The molecule has 23 heavy (non-hydrogen) atoms. The van der Waals surface area contributed by atoms with E-state index in [2.05, 4.69) is 44.2 Å². The van der Waals surface area contributed by atoms with Crippen molar-refractivity contribution < 1.29 is 4.79 Å². The van der Waals surface area contributed by atoms with Gasteiger partial charge in [0.15, 0.2) is 5.78 Å². The van der Waals surface area contributed by atoms with E-state index in [1.165, 1.54) is 29.5 Å². The van der Waals surface area contributed by atoms with E-state index < -0.39 is 0 Å². The Bertz CT molecular complexity index is 669. The second-order valence-electron chi connectivity index (χ2n) is 6.83. The molecule has 2 atom stereocenters. The quantitative estimate of drug-likeness (QED) is 0.691. The van der Waals surface area contributed by atoms with Gasteiger partial charge in [-0.25, -0.2) is 0 Å². The van der Waals surface area contributed by atoms with Gasteiger partial charge in [-0.15, -0.1) is 0 Å². The van der Waals surface area contributed by atoms with Gasteiger partial charge in [0, 0.05) is 11.5 Å². The van der Waals surface area contributed by atoms with Crippen molar-refractivity contribution in [1.29, 1.82) is 0 Å². The molecule has 2 aromatic rings. The average Bonchev–Trinajstić information content (AvgIpc) is 2.58. The van der Waals surface area contributed by atoms with E-state index >= 15 is 0 Å². The lowest BCUT2D eigenvalue weighted by Gasteiger charge is -2.31. The van der Waals surface area contributed by atoms with Crippen molar-refractivity contribution in [3.8, 4) is 0 Å². The molecular formula is C22H26O. The largest absolute Gasteiger partial charge is 0.294 e. The fraction of sp³-hybridized carbons (Fsp3) is 0.409. The van der Waals surface area contributed by atoms with Crippen LogP contribution in [0.25, 0.3) is 0 Å². The molecule has 1 aliphatic rings. The maximum absolute atomic E-state index is 13.1. The number of fused-ring (bicyclic) bond motifs is 1. The SMILES string of the molecule is CCCC[C@H](c1ccc(C)cc1)[C@@H]1CCc2ccccc2C1=O. The fourth-order valence-electron chi connectivity index (χ4n) is 3.84. The summed E-state index contributed by atoms with van der Waals surface area (Å²) in [6.45, 7) is 4.34. The maximum Gasteiger partial charge on any atom is 0.166 e. The molecule has 0 radical (unpaired) electrons. The van der Waals surface area contributed by atoms with Crippen molar-refractivity contribution in [2.24, 2.45) is 5.92 Å². The molecule has 0 unspecified atom stereocenters. The van der Waals surface area contributed by atoms with Gasteiger partial charge in [0.2, 0.25) is 0 Å². The molecule has 0 aliphatic heterocycles. The predicted molar refractivity (Wildman–Crippen MR) is 96.0 cm³/mol. The smallest absolute Gasteiger partial charge is 0.166 e. The monoisotopic (exact) mass is 306 g/mol. The van der Waals surface area contributed by atoms with Crippen LogP contribution in [-0.4, -0.2) is 5.78 Å². The van der Waals surface area contributed by atoms with Crippen LogP contribution in [0.1, 0.15) is 65.6 Å². The third kappa shape index (κ3) is 3.39. The Kier molecular flexibility index (Phi) is 4.95. The Morgan fingerprint density at radius 2 is 1.83 bits per heavy atom. The van der Waals surface area contributed by atoms with Gasteiger partial charge in [0.1, 0.15) is 0 Å². The summed E-state index contributed by atoms with van der Waals surface area (Å²) in [5, 5.41) is 0. The highest BCUT2D eigenvalue weighted by atomic mass is 16.1. The molecule has 1 heteroatoms. The minimum atomic E-state index is 0.138. The van der Waals surface area contributed by atoms with Crippen molar-refractivity contribution >= 4 is 5.78 Å². The second kappa shape index (κ2) is 7.12. The van der Waals surface area contributed by atoms with Gasteiger partial charge < -0.3 is 0 Å². The lowest BCUT2D eigenvalue weighted by molar-refractivity contribution is 0.0875. The molecule has 120 valence electrons. The first-order valence-corrected chi connectivity index (χ1v) is 8.89. The van der Waals surface area contributed by atoms with Gasteiger partial charge in [0.25, 0.3) is 0 Å². The van der Waals surface area contributed by atoms with Crippen molar-refractivity contribution in [1.82, 2.24) is 0 Å². The Labute approximate surface area is 139 Å². The molecule has 0 heterocycles. The predicted octanol–water partition coefficient (Wildman–Crippen LogP) is 5.71. The van der Waals surface area contributed by atoms with Crippen LogP contribution in [0.15, 0.2) is 48.5 Å². The normalized spacial score (nSPS) is 18.5. The van der Waals surface area contributed by atoms with Crippen LogP contribution in [0.4, 0.5) is 0 Å². The summed E-state index contributed by atoms with van der Waals surface area (Å²) in [4.78, 5) is 13.1. The van der Waals surface area contributed by atoms with Gasteiger partial charge in [-0.3, -0.25) is 4.79 Å². The van der Waals surface area contributed by atoms with Crippen molar-refractivity contribution in [2.75, 3.05) is 0 Å². The number of Topliss-reactive ketones (excluding diaryl/α,β-unsaturated/α-hetero) is 1. The highest BCUT2D eigenvalue weighted by molar-refractivity contribution is 6.00. The molecule has 0 spiro atoms. The molecule has 1 aliphatic carbocycles. The highest BCUT2D eigenvalue weighted by Crippen LogP contribution is 2.38. The molecule has 0 bridgehead atoms. The third-order valence-corrected chi connectivity index (χ3v) is 5.20. The summed E-state index contributed by atoms with van der Waals surface area (Å²) in [5.41, 5.74) is 4.80. The molecule has 3 rings (SSSR count). The van der Waals surface area contributed by atoms with Crippen LogP contribution < -0.4 is 0 Å². The molecular weight excluding hydrogens is 280 g/mol. The highest BCUT2D eigenvalue weighted by Gasteiger charge is 2.33. The molecule has 0 N–H and O–H groups in total. The van der Waals surface area contributed by atoms with Crippen LogP contribution >= 0.6 is 0 Å². The first-order valence-electron chi connectivity index (χ1n) is 8.89. The minimum Gasteiger partial charge on any atom is -0.294 e. The number of aryl methyl sites for hydroxylation is 2. The molecule has 1 nitrogen and oxygen atoms in total. The Balaban J connectivity index is 1.91. The molecule has 2 aromatic carbocycles. The topological polar surface area (TPSA) is 17.1 Å².